The number of nitrogens with two attached hydrogens (primary N) is 2. The third kappa shape index (κ3) is 14.0. The smallest absolute Gasteiger partial charge is 0.450 e. The van der Waals surface area contributed by atoms with Crippen molar-refractivity contribution >= 4 is 18.3 Å². The molecule has 0 aliphatic heterocycles. The summed E-state index contributed by atoms with van der Waals surface area (Å²) in [6, 6.07) is 0. The summed E-state index contributed by atoms with van der Waals surface area (Å²) in [6.45, 7) is -7.27. The maximum atomic E-state index is 15.5. The molecule has 0 rings (SSSR count). The molecule has 1 atom stereocenters. The van der Waals surface area contributed by atoms with Crippen LogP contribution in [0.5, 0.6) is 0 Å². The summed E-state index contributed by atoms with van der Waals surface area (Å²) >= 11 is 0. The number of ether oxygens (including phenoxy) is 3. The first-order chi connectivity index (χ1) is 38.7. The van der Waals surface area contributed by atoms with Gasteiger partial charge in [-0.05, 0) is 38.0 Å². The van der Waals surface area contributed by atoms with Crippen LogP contribution in [0.25, 0.3) is 0 Å². The predicted molar refractivity (Wildman–Crippen MR) is 191 cm³/mol. The molecule has 0 aliphatic carbocycles. The molecular formula is C36H26F45N3O6. The van der Waals surface area contributed by atoms with Crippen molar-refractivity contribution in [1.29, 1.82) is 0 Å². The van der Waals surface area contributed by atoms with Crippen LogP contribution in [0.4, 0.5) is 212 Å². The minimum absolute atomic E-state index is 0.834. The molecule has 0 saturated carbocycles. The second-order valence-corrected chi connectivity index (χ2v) is 18.2. The zero-order chi connectivity index (χ0) is 73.2. The fourth-order valence-corrected chi connectivity index (χ4v) is 6.74. The second kappa shape index (κ2) is 24.5. The first-order valence-corrected chi connectivity index (χ1v) is 21.5. The van der Waals surface area contributed by atoms with Crippen molar-refractivity contribution in [2.75, 3.05) is 19.8 Å². The van der Waals surface area contributed by atoms with Gasteiger partial charge in [-0.3, -0.25) is 0 Å². The van der Waals surface area contributed by atoms with E-state index < -0.39 is 220 Å². The predicted octanol–water partition coefficient (Wildman–Crippen LogP) is 16.1. The van der Waals surface area contributed by atoms with Crippen molar-refractivity contribution in [1.82, 2.24) is 5.32 Å². The van der Waals surface area contributed by atoms with E-state index in [1.54, 1.807) is 0 Å². The molecule has 90 heavy (non-hydrogen) atoms. The standard InChI is InChI=1S/C36H26F45N3O6/c37-16(38,19(43,44)22(49,50)25(55,56)28(61,62)31(67,68)34(73,74)75)8-15(90-13(83)86,9-17(39,40)20(45,46)23(51,52)26(57,58)29(63,64)32(69,70)35(76,77)78)5-1-3-11(4-2-6-88-12(82)85)7-84-14(87)89-10-18(41,42)21(47,48)24(53,54)27(59,60)30(65,66)33(71,72)36(79,80)81/h11H,1-10H2,(H2,82,85)(H2,83,86)(H,84,87). The number of amides is 3. The Morgan fingerprint density at radius 1 is 0.322 bits per heavy atom. The number of hydrogen-bond acceptors (Lipinski definition) is 6. The number of carbonyl (C=O) groups excluding carboxylic acids is 3. The van der Waals surface area contributed by atoms with Crippen LogP contribution in [0.2, 0.25) is 0 Å². The SMILES string of the molecule is NC(=O)OCCCC(CCCC(CC(F)(F)C(F)(F)C(F)(F)C(F)(F)C(F)(F)C(F)(F)C(F)(F)F)(CC(F)(F)C(F)(F)C(F)(F)C(F)(F)C(F)(F)C(F)(F)C(F)(F)F)OC(N)=O)CNC(=O)OCC(F)(F)C(F)(F)C(F)(F)C(F)(F)C(F)(F)C(F)(F)C(F)(F)F. The summed E-state index contributed by atoms with van der Waals surface area (Å²) in [5.74, 6) is -163. The minimum Gasteiger partial charge on any atom is -0.450 e. The highest BCUT2D eigenvalue weighted by molar-refractivity contribution is 5.67. The van der Waals surface area contributed by atoms with Crippen molar-refractivity contribution in [2.24, 2.45) is 17.4 Å². The second-order valence-electron chi connectivity index (χ2n) is 18.2. The molecule has 0 bridgehead atoms. The lowest BCUT2D eigenvalue weighted by Crippen LogP contribution is -2.73. The maximum absolute atomic E-state index is 15.5. The molecule has 0 saturated heterocycles. The molecule has 1 unspecified atom stereocenters. The van der Waals surface area contributed by atoms with E-state index in [1.807, 2.05) is 0 Å². The lowest BCUT2D eigenvalue weighted by atomic mass is 9.77. The molecule has 3 amide bonds. The molecule has 54 heteroatoms. The number of hydrogen-bond donors (Lipinski definition) is 3. The van der Waals surface area contributed by atoms with Crippen LogP contribution in [0, 0.1) is 5.92 Å². The molecule has 5 N–H and O–H groups in total. The van der Waals surface area contributed by atoms with Gasteiger partial charge in [-0.25, -0.2) is 14.4 Å². The van der Waals surface area contributed by atoms with Crippen LogP contribution < -0.4 is 16.8 Å². The van der Waals surface area contributed by atoms with Crippen LogP contribution in [-0.2, 0) is 14.2 Å². The van der Waals surface area contributed by atoms with E-state index in [2.05, 4.69) is 25.7 Å². The van der Waals surface area contributed by atoms with Gasteiger partial charge < -0.3 is 31.0 Å². The molecule has 0 radical (unpaired) electrons. The van der Waals surface area contributed by atoms with Gasteiger partial charge in [-0.1, -0.05) is 0 Å². The zero-order valence-corrected chi connectivity index (χ0v) is 41.3. The average Bonchev–Trinajstić information content (AvgIpc) is 0.719. The Labute approximate surface area is 463 Å². The lowest BCUT2D eigenvalue weighted by molar-refractivity contribution is -0.455. The van der Waals surface area contributed by atoms with Gasteiger partial charge in [0.1, 0.15) is 5.60 Å². The van der Waals surface area contributed by atoms with Gasteiger partial charge in [0.15, 0.2) is 6.61 Å². The number of alkyl carbamates (subject to hydrolysis) is 1. The summed E-state index contributed by atoms with van der Waals surface area (Å²) in [7, 11) is 0. The van der Waals surface area contributed by atoms with Gasteiger partial charge in [-0.2, -0.15) is 198 Å². The Morgan fingerprint density at radius 3 is 0.844 bits per heavy atom. The van der Waals surface area contributed by atoms with Gasteiger partial charge in [0.2, 0.25) is 0 Å². The van der Waals surface area contributed by atoms with Crippen molar-refractivity contribution in [3.05, 3.63) is 0 Å². The summed E-state index contributed by atoms with van der Waals surface area (Å²) in [6.07, 6.45) is -53.5. The van der Waals surface area contributed by atoms with Gasteiger partial charge in [0.05, 0.1) is 19.4 Å². The van der Waals surface area contributed by atoms with Crippen molar-refractivity contribution in [3.63, 3.8) is 0 Å². The van der Waals surface area contributed by atoms with E-state index in [1.165, 1.54) is 0 Å². The van der Waals surface area contributed by atoms with E-state index in [4.69, 9.17) is 0 Å². The monoisotopic (exact) mass is 1450 g/mol. The average molecular weight is 1450 g/mol. The highest BCUT2D eigenvalue weighted by atomic mass is 19.5. The Morgan fingerprint density at radius 2 is 0.578 bits per heavy atom. The maximum Gasteiger partial charge on any atom is 0.460 e. The molecular weight excluding hydrogens is 1430 g/mol. The van der Waals surface area contributed by atoms with Gasteiger partial charge in [0, 0.05) is 6.54 Å². The summed E-state index contributed by atoms with van der Waals surface area (Å²) in [5.41, 5.74) is 2.64. The summed E-state index contributed by atoms with van der Waals surface area (Å²) < 4.78 is 636. The van der Waals surface area contributed by atoms with Crippen molar-refractivity contribution in [3.8, 4) is 0 Å². The van der Waals surface area contributed by atoms with E-state index in [0.29, 0.717) is 0 Å². The fourth-order valence-electron chi connectivity index (χ4n) is 6.74. The van der Waals surface area contributed by atoms with Crippen LogP contribution >= 0.6 is 0 Å². The Kier molecular flexibility index (Phi) is 23.1. The van der Waals surface area contributed by atoms with Crippen LogP contribution in [0.1, 0.15) is 44.9 Å². The largest absolute Gasteiger partial charge is 0.460 e. The molecule has 0 aromatic carbocycles. The fraction of sp³-hybridized carbons (Fsp3) is 0.917. The number of carbonyl (C=O) groups is 3. The molecule has 0 spiro atoms. The van der Waals surface area contributed by atoms with Gasteiger partial charge >= 0.3 is 143 Å². The number of alkyl halides is 45. The van der Waals surface area contributed by atoms with Gasteiger partial charge in [-0.15, -0.1) is 0 Å². The number of nitrogens with one attached hydrogen (secondary N) is 1. The Hall–Kier alpha value is -5.34. The normalized spacial score (nSPS) is 16.2. The molecule has 0 aromatic rings. The highest BCUT2D eigenvalue weighted by Gasteiger charge is 2.97. The quantitative estimate of drug-likeness (QED) is 0.0348. The summed E-state index contributed by atoms with van der Waals surface area (Å²) in [4.78, 5) is 34.8. The van der Waals surface area contributed by atoms with E-state index in [0.717, 1.165) is 5.32 Å². The first-order valence-electron chi connectivity index (χ1n) is 21.5. The molecule has 0 fully saturated rings. The highest BCUT2D eigenvalue weighted by Crippen LogP contribution is 2.67. The van der Waals surface area contributed by atoms with Crippen molar-refractivity contribution in [2.45, 2.75) is 176 Å². The third-order valence-electron chi connectivity index (χ3n) is 11.7. The number of rotatable bonds is 32. The minimum atomic E-state index is -9.47. The molecule has 9 nitrogen and oxygen atoms in total. The van der Waals surface area contributed by atoms with Crippen LogP contribution in [0.15, 0.2) is 0 Å². The van der Waals surface area contributed by atoms with Crippen molar-refractivity contribution < 1.29 is 226 Å². The topological polar surface area (TPSA) is 143 Å². The Bertz CT molecular complexity index is 2390. The zero-order valence-electron chi connectivity index (χ0n) is 41.3. The molecule has 0 aliphatic rings. The lowest BCUT2D eigenvalue weighted by Gasteiger charge is -2.45. The molecule has 536 valence electrons. The van der Waals surface area contributed by atoms with E-state index in [-0.39, 0.29) is 0 Å². The molecule has 0 heterocycles. The number of primary amides is 2. The van der Waals surface area contributed by atoms with Crippen LogP contribution in [0.3, 0.4) is 0 Å². The number of halogens is 45. The first kappa shape index (κ1) is 84.7. The van der Waals surface area contributed by atoms with E-state index >= 15 is 35.1 Å². The summed E-state index contributed by atoms with van der Waals surface area (Å²) in [5, 5.41) is 0.834. The molecule has 0 aromatic heterocycles. The Balaban J connectivity index is 8.22. The van der Waals surface area contributed by atoms with E-state index in [9.17, 15) is 177 Å². The third-order valence-corrected chi connectivity index (χ3v) is 11.7. The van der Waals surface area contributed by atoms with Gasteiger partial charge in [0.25, 0.3) is 0 Å². The van der Waals surface area contributed by atoms with Crippen LogP contribution in [-0.4, -0.2) is 169 Å².